The molecule has 0 amide bonds. The Labute approximate surface area is 151 Å². The third-order valence-corrected chi connectivity index (χ3v) is 3.18. The molecule has 3 aromatic rings. The highest BCUT2D eigenvalue weighted by Gasteiger charge is 2.12. The Morgan fingerprint density at radius 1 is 1.00 bits per heavy atom. The number of carboxylic acids is 1. The van der Waals surface area contributed by atoms with Crippen molar-refractivity contribution in [3.63, 3.8) is 0 Å². The highest BCUT2D eigenvalue weighted by molar-refractivity contribution is 6.35. The van der Waals surface area contributed by atoms with Crippen LogP contribution in [0.5, 0.6) is 0 Å². The average molecular weight is 368 g/mol. The SMILES string of the molecule is CC.CC.O=C(O)c1ccc2nc(-c3cc(Cl)cc(Cl)c3)oc2c1. The van der Waals surface area contributed by atoms with Crippen LogP contribution in [0.3, 0.4) is 0 Å². The number of fused-ring (bicyclic) bond motifs is 1. The molecule has 0 saturated carbocycles. The number of carbonyl (C=O) groups is 1. The molecular formula is C18H19Cl2NO3. The number of aromatic carboxylic acids is 1. The van der Waals surface area contributed by atoms with Crippen LogP contribution in [0.15, 0.2) is 40.8 Å². The van der Waals surface area contributed by atoms with Gasteiger partial charge in [0.25, 0.3) is 0 Å². The number of aromatic nitrogens is 1. The number of rotatable bonds is 2. The zero-order valence-corrected chi connectivity index (χ0v) is 15.4. The minimum Gasteiger partial charge on any atom is -0.478 e. The summed E-state index contributed by atoms with van der Waals surface area (Å²) in [6.07, 6.45) is 0. The Balaban J connectivity index is 0.000000671. The highest BCUT2D eigenvalue weighted by Crippen LogP contribution is 2.29. The van der Waals surface area contributed by atoms with Crippen molar-refractivity contribution in [2.75, 3.05) is 0 Å². The van der Waals surface area contributed by atoms with Crippen molar-refractivity contribution in [3.8, 4) is 11.5 Å². The third kappa shape index (κ3) is 4.73. The van der Waals surface area contributed by atoms with Gasteiger partial charge in [-0.05, 0) is 36.4 Å². The predicted molar refractivity (Wildman–Crippen MR) is 99.1 cm³/mol. The molecule has 0 fully saturated rings. The van der Waals surface area contributed by atoms with Gasteiger partial charge in [-0.2, -0.15) is 0 Å². The van der Waals surface area contributed by atoms with E-state index >= 15 is 0 Å². The first-order valence-corrected chi connectivity index (χ1v) is 8.39. The molecule has 0 radical (unpaired) electrons. The van der Waals surface area contributed by atoms with Crippen molar-refractivity contribution in [3.05, 3.63) is 52.0 Å². The van der Waals surface area contributed by atoms with Crippen LogP contribution in [0.1, 0.15) is 38.1 Å². The summed E-state index contributed by atoms with van der Waals surface area (Å²) < 4.78 is 5.56. The molecule has 1 heterocycles. The molecule has 0 atom stereocenters. The molecule has 0 aliphatic carbocycles. The molecule has 0 unspecified atom stereocenters. The van der Waals surface area contributed by atoms with Crippen molar-refractivity contribution < 1.29 is 14.3 Å². The number of oxazole rings is 1. The van der Waals surface area contributed by atoms with Gasteiger partial charge >= 0.3 is 5.97 Å². The largest absolute Gasteiger partial charge is 0.478 e. The fraction of sp³-hybridized carbons (Fsp3) is 0.222. The van der Waals surface area contributed by atoms with Crippen LogP contribution in [-0.2, 0) is 0 Å². The highest BCUT2D eigenvalue weighted by atomic mass is 35.5. The standard InChI is InChI=1S/C14H7Cl2NO3.2C2H6/c15-9-3-8(4-10(16)6-9)13-17-11-2-1-7(14(18)19)5-12(11)20-13;2*1-2/h1-6H,(H,18,19);2*1-2H3. The second kappa shape index (κ2) is 9.30. The normalized spacial score (nSPS) is 9.58. The molecule has 0 aliphatic heterocycles. The Bertz CT molecular complexity index is 808. The van der Waals surface area contributed by atoms with Crippen molar-refractivity contribution in [1.82, 2.24) is 4.98 Å². The summed E-state index contributed by atoms with van der Waals surface area (Å²) in [5, 5.41) is 9.89. The molecule has 24 heavy (non-hydrogen) atoms. The predicted octanol–water partition coefficient (Wildman–Crippen LogP) is 6.55. The molecule has 2 aromatic carbocycles. The first-order valence-electron chi connectivity index (χ1n) is 7.63. The smallest absolute Gasteiger partial charge is 0.335 e. The van der Waals surface area contributed by atoms with Gasteiger partial charge in [0.05, 0.1) is 5.56 Å². The lowest BCUT2D eigenvalue weighted by Crippen LogP contribution is -1.94. The fourth-order valence-electron chi connectivity index (χ4n) is 1.86. The van der Waals surface area contributed by atoms with Gasteiger partial charge in [-0.1, -0.05) is 50.9 Å². The van der Waals surface area contributed by atoms with E-state index in [9.17, 15) is 4.79 Å². The second-order valence-corrected chi connectivity index (χ2v) is 5.04. The molecule has 6 heteroatoms. The van der Waals surface area contributed by atoms with Gasteiger partial charge in [-0.25, -0.2) is 9.78 Å². The van der Waals surface area contributed by atoms with E-state index in [2.05, 4.69) is 4.98 Å². The van der Waals surface area contributed by atoms with Gasteiger partial charge in [0, 0.05) is 15.6 Å². The first kappa shape index (κ1) is 20.0. The monoisotopic (exact) mass is 367 g/mol. The van der Waals surface area contributed by atoms with E-state index in [1.165, 1.54) is 12.1 Å². The molecule has 0 bridgehead atoms. The Hall–Kier alpha value is -2.04. The third-order valence-electron chi connectivity index (χ3n) is 2.74. The maximum absolute atomic E-state index is 10.9. The quantitative estimate of drug-likeness (QED) is 0.557. The Kier molecular flexibility index (Phi) is 7.75. The number of hydrogen-bond acceptors (Lipinski definition) is 3. The minimum atomic E-state index is -1.02. The molecule has 0 saturated heterocycles. The van der Waals surface area contributed by atoms with Gasteiger partial charge in [0.1, 0.15) is 5.52 Å². The average Bonchev–Trinajstić information content (AvgIpc) is 3.01. The van der Waals surface area contributed by atoms with E-state index in [4.69, 9.17) is 32.7 Å². The zero-order chi connectivity index (χ0) is 18.3. The van der Waals surface area contributed by atoms with Crippen LogP contribution in [0.25, 0.3) is 22.6 Å². The van der Waals surface area contributed by atoms with Gasteiger partial charge in [0.2, 0.25) is 5.89 Å². The molecule has 0 spiro atoms. The lowest BCUT2D eigenvalue weighted by molar-refractivity contribution is 0.0697. The summed E-state index contributed by atoms with van der Waals surface area (Å²) in [5.41, 5.74) is 1.75. The number of benzene rings is 2. The number of hydrogen-bond donors (Lipinski definition) is 1. The van der Waals surface area contributed by atoms with Crippen molar-refractivity contribution >= 4 is 40.3 Å². The summed E-state index contributed by atoms with van der Waals surface area (Å²) in [5.74, 6) is -0.678. The lowest BCUT2D eigenvalue weighted by atomic mass is 10.2. The summed E-state index contributed by atoms with van der Waals surface area (Å²) in [6.45, 7) is 8.00. The summed E-state index contributed by atoms with van der Waals surface area (Å²) in [7, 11) is 0. The van der Waals surface area contributed by atoms with Crippen LogP contribution in [0.2, 0.25) is 10.0 Å². The zero-order valence-electron chi connectivity index (χ0n) is 13.9. The van der Waals surface area contributed by atoms with Crippen molar-refractivity contribution in [2.45, 2.75) is 27.7 Å². The molecule has 0 aliphatic rings. The molecule has 4 nitrogen and oxygen atoms in total. The molecule has 1 aromatic heterocycles. The Morgan fingerprint density at radius 3 is 2.12 bits per heavy atom. The Morgan fingerprint density at radius 2 is 1.58 bits per heavy atom. The van der Waals surface area contributed by atoms with Crippen LogP contribution >= 0.6 is 23.2 Å². The van der Waals surface area contributed by atoms with Crippen LogP contribution in [-0.4, -0.2) is 16.1 Å². The van der Waals surface area contributed by atoms with Gasteiger partial charge < -0.3 is 9.52 Å². The van der Waals surface area contributed by atoms with E-state index in [-0.39, 0.29) is 5.56 Å². The number of carboxylic acid groups (broad SMARTS) is 1. The number of nitrogens with zero attached hydrogens (tertiary/aromatic N) is 1. The summed E-state index contributed by atoms with van der Waals surface area (Å²) in [4.78, 5) is 15.2. The van der Waals surface area contributed by atoms with Crippen molar-refractivity contribution in [2.24, 2.45) is 0 Å². The molecule has 128 valence electrons. The van der Waals surface area contributed by atoms with Crippen LogP contribution < -0.4 is 0 Å². The topological polar surface area (TPSA) is 63.3 Å². The lowest BCUT2D eigenvalue weighted by Gasteiger charge is -1.97. The van der Waals surface area contributed by atoms with E-state index in [1.54, 1.807) is 24.3 Å². The van der Waals surface area contributed by atoms with E-state index in [0.29, 0.717) is 32.6 Å². The maximum Gasteiger partial charge on any atom is 0.335 e. The summed E-state index contributed by atoms with van der Waals surface area (Å²) >= 11 is 11.9. The maximum atomic E-state index is 10.9. The number of halogens is 2. The van der Waals surface area contributed by atoms with Gasteiger partial charge in [-0.3, -0.25) is 0 Å². The van der Waals surface area contributed by atoms with Gasteiger partial charge in [-0.15, -0.1) is 0 Å². The second-order valence-electron chi connectivity index (χ2n) is 4.16. The molecule has 3 rings (SSSR count). The summed E-state index contributed by atoms with van der Waals surface area (Å²) in [6, 6.07) is 9.46. The van der Waals surface area contributed by atoms with Crippen molar-refractivity contribution in [1.29, 1.82) is 0 Å². The molecular weight excluding hydrogens is 349 g/mol. The van der Waals surface area contributed by atoms with Crippen LogP contribution in [0.4, 0.5) is 0 Å². The first-order chi connectivity index (χ1) is 11.5. The minimum absolute atomic E-state index is 0.143. The van der Waals surface area contributed by atoms with Gasteiger partial charge in [0.15, 0.2) is 5.58 Å². The van der Waals surface area contributed by atoms with E-state index in [0.717, 1.165) is 0 Å². The van der Waals surface area contributed by atoms with E-state index in [1.807, 2.05) is 27.7 Å². The van der Waals surface area contributed by atoms with Crippen LogP contribution in [0, 0.1) is 0 Å². The fourth-order valence-corrected chi connectivity index (χ4v) is 2.38. The van der Waals surface area contributed by atoms with E-state index < -0.39 is 5.97 Å². The molecule has 1 N–H and O–H groups in total.